The third kappa shape index (κ3) is 5.05. The van der Waals surface area contributed by atoms with Gasteiger partial charge in [-0.05, 0) is 30.7 Å². The molecular weight excluding hydrogens is 337 g/mol. The summed E-state index contributed by atoms with van der Waals surface area (Å²) in [7, 11) is 1.37. The second kappa shape index (κ2) is 8.65. The van der Waals surface area contributed by atoms with E-state index in [1.807, 2.05) is 12.1 Å². The van der Waals surface area contributed by atoms with E-state index in [-0.39, 0.29) is 5.97 Å². The number of carbonyl (C=O) groups is 1. The third-order valence-corrected chi connectivity index (χ3v) is 3.87. The van der Waals surface area contributed by atoms with Crippen LogP contribution in [0.25, 0.3) is 0 Å². The lowest BCUT2D eigenvalue weighted by atomic mass is 10.2. The van der Waals surface area contributed by atoms with E-state index in [4.69, 9.17) is 32.7 Å². The Morgan fingerprint density at radius 1 is 1.13 bits per heavy atom. The molecule has 0 unspecified atom stereocenters. The Morgan fingerprint density at radius 3 is 2.65 bits per heavy atom. The fourth-order valence-corrected chi connectivity index (χ4v) is 2.27. The van der Waals surface area contributed by atoms with Crippen molar-refractivity contribution in [2.75, 3.05) is 25.6 Å². The molecule has 0 aliphatic heterocycles. The molecule has 23 heavy (non-hydrogen) atoms. The molecule has 0 saturated carbocycles. The van der Waals surface area contributed by atoms with Crippen LogP contribution in [0.15, 0.2) is 42.5 Å². The zero-order valence-corrected chi connectivity index (χ0v) is 14.2. The summed E-state index contributed by atoms with van der Waals surface area (Å²) < 4.78 is 10.4. The van der Waals surface area contributed by atoms with Crippen LogP contribution in [0.2, 0.25) is 10.0 Å². The van der Waals surface area contributed by atoms with Gasteiger partial charge in [-0.15, -0.1) is 0 Å². The van der Waals surface area contributed by atoms with Gasteiger partial charge >= 0.3 is 5.97 Å². The second-order valence-electron chi connectivity index (χ2n) is 4.74. The summed E-state index contributed by atoms with van der Waals surface area (Å²) in [5.41, 5.74) is 1.26. The quantitative estimate of drug-likeness (QED) is 0.580. The van der Waals surface area contributed by atoms with Crippen LogP contribution >= 0.6 is 23.2 Å². The van der Waals surface area contributed by atoms with Gasteiger partial charge in [-0.2, -0.15) is 0 Å². The van der Waals surface area contributed by atoms with Gasteiger partial charge in [-0.3, -0.25) is 0 Å². The molecule has 0 fully saturated rings. The lowest BCUT2D eigenvalue weighted by Gasteiger charge is -2.11. The molecule has 0 saturated heterocycles. The Morgan fingerprint density at radius 2 is 1.91 bits per heavy atom. The topological polar surface area (TPSA) is 47.6 Å². The monoisotopic (exact) mass is 353 g/mol. The Labute approximate surface area is 145 Å². The number of nitrogens with one attached hydrogen (secondary N) is 1. The number of halogens is 2. The molecule has 0 aliphatic carbocycles. The number of rotatable bonds is 7. The van der Waals surface area contributed by atoms with E-state index >= 15 is 0 Å². The summed E-state index contributed by atoms with van der Waals surface area (Å²) in [6, 6.07) is 12.4. The van der Waals surface area contributed by atoms with Gasteiger partial charge in [0.2, 0.25) is 0 Å². The highest BCUT2D eigenvalue weighted by molar-refractivity contribution is 6.42. The average Bonchev–Trinajstić information content (AvgIpc) is 2.57. The van der Waals surface area contributed by atoms with E-state index in [1.54, 1.807) is 30.3 Å². The van der Waals surface area contributed by atoms with Gasteiger partial charge in [-0.1, -0.05) is 35.3 Å². The summed E-state index contributed by atoms with van der Waals surface area (Å²) >= 11 is 11.8. The van der Waals surface area contributed by atoms with Crippen LogP contribution in [0.4, 0.5) is 5.69 Å². The number of esters is 1. The van der Waals surface area contributed by atoms with Crippen LogP contribution in [-0.4, -0.2) is 26.2 Å². The number of benzene rings is 2. The molecule has 2 aromatic rings. The summed E-state index contributed by atoms with van der Waals surface area (Å²) in [6.45, 7) is 1.18. The first-order valence-corrected chi connectivity index (χ1v) is 7.86. The minimum absolute atomic E-state index is 0.361. The first kappa shape index (κ1) is 17.4. The number of ether oxygens (including phenoxy) is 2. The van der Waals surface area contributed by atoms with Crippen molar-refractivity contribution < 1.29 is 14.3 Å². The van der Waals surface area contributed by atoms with E-state index in [0.29, 0.717) is 34.5 Å². The molecule has 0 heterocycles. The number of para-hydroxylation sites is 1. The van der Waals surface area contributed by atoms with Crippen LogP contribution in [-0.2, 0) is 4.74 Å². The fourth-order valence-electron chi connectivity index (χ4n) is 1.98. The van der Waals surface area contributed by atoms with Gasteiger partial charge in [-0.25, -0.2) is 4.79 Å². The first-order chi connectivity index (χ1) is 11.1. The van der Waals surface area contributed by atoms with Gasteiger partial charge in [0.15, 0.2) is 0 Å². The summed E-state index contributed by atoms with van der Waals surface area (Å²) in [5.74, 6) is 0.314. The lowest BCUT2D eigenvalue weighted by Crippen LogP contribution is -2.11. The fraction of sp³-hybridized carbons (Fsp3) is 0.235. The van der Waals surface area contributed by atoms with Crippen LogP contribution in [0.5, 0.6) is 5.75 Å². The average molecular weight is 354 g/mol. The van der Waals surface area contributed by atoms with Crippen molar-refractivity contribution in [1.82, 2.24) is 0 Å². The number of methoxy groups -OCH3 is 1. The Hall–Kier alpha value is -1.91. The maximum atomic E-state index is 11.7. The van der Waals surface area contributed by atoms with Crippen LogP contribution in [0.1, 0.15) is 16.8 Å². The lowest BCUT2D eigenvalue weighted by molar-refractivity contribution is 0.0602. The van der Waals surface area contributed by atoms with E-state index in [9.17, 15) is 4.79 Å². The zero-order chi connectivity index (χ0) is 16.7. The second-order valence-corrected chi connectivity index (χ2v) is 5.56. The molecule has 0 radical (unpaired) electrons. The minimum Gasteiger partial charge on any atom is -0.493 e. The molecule has 1 N–H and O–H groups in total. The number of carbonyl (C=O) groups excluding carboxylic acids is 1. The van der Waals surface area contributed by atoms with E-state index in [1.165, 1.54) is 7.11 Å². The molecule has 0 spiro atoms. The van der Waals surface area contributed by atoms with Crippen molar-refractivity contribution in [2.45, 2.75) is 6.42 Å². The molecule has 0 aliphatic rings. The minimum atomic E-state index is -0.361. The van der Waals surface area contributed by atoms with Crippen LogP contribution < -0.4 is 10.1 Å². The molecule has 6 heteroatoms. The van der Waals surface area contributed by atoms with Crippen molar-refractivity contribution in [1.29, 1.82) is 0 Å². The SMILES string of the molecule is COC(=O)c1ccccc1NCCCOc1ccc(Cl)c(Cl)c1. The first-order valence-electron chi connectivity index (χ1n) is 7.11. The van der Waals surface area contributed by atoms with E-state index in [2.05, 4.69) is 5.32 Å². The maximum absolute atomic E-state index is 11.7. The van der Waals surface area contributed by atoms with Crippen LogP contribution in [0, 0.1) is 0 Å². The largest absolute Gasteiger partial charge is 0.493 e. The van der Waals surface area contributed by atoms with E-state index < -0.39 is 0 Å². The smallest absolute Gasteiger partial charge is 0.339 e. The Kier molecular flexibility index (Phi) is 6.56. The van der Waals surface area contributed by atoms with Crippen molar-refractivity contribution in [3.05, 3.63) is 58.1 Å². The van der Waals surface area contributed by atoms with Crippen molar-refractivity contribution in [3.8, 4) is 5.75 Å². The van der Waals surface area contributed by atoms with Gasteiger partial charge in [0.1, 0.15) is 5.75 Å². The summed E-state index contributed by atoms with van der Waals surface area (Å²) in [4.78, 5) is 11.7. The molecule has 4 nitrogen and oxygen atoms in total. The zero-order valence-electron chi connectivity index (χ0n) is 12.6. The Balaban J connectivity index is 1.79. The molecule has 2 rings (SSSR count). The van der Waals surface area contributed by atoms with Crippen molar-refractivity contribution in [2.24, 2.45) is 0 Å². The molecule has 0 aromatic heterocycles. The van der Waals surface area contributed by atoms with Crippen LogP contribution in [0.3, 0.4) is 0 Å². The molecule has 2 aromatic carbocycles. The highest BCUT2D eigenvalue weighted by Gasteiger charge is 2.10. The standard InChI is InChI=1S/C17H17Cl2NO3/c1-22-17(21)13-5-2-3-6-16(13)20-9-4-10-23-12-7-8-14(18)15(19)11-12/h2-3,5-8,11,20H,4,9-10H2,1H3. The maximum Gasteiger partial charge on any atom is 0.339 e. The normalized spacial score (nSPS) is 10.2. The molecule has 0 amide bonds. The highest BCUT2D eigenvalue weighted by Crippen LogP contribution is 2.26. The number of hydrogen-bond donors (Lipinski definition) is 1. The number of hydrogen-bond acceptors (Lipinski definition) is 4. The number of anilines is 1. The predicted octanol–water partition coefficient (Wildman–Crippen LogP) is 4.66. The van der Waals surface area contributed by atoms with E-state index in [0.717, 1.165) is 12.1 Å². The predicted molar refractivity (Wildman–Crippen MR) is 92.8 cm³/mol. The van der Waals surface area contributed by atoms with Gasteiger partial charge in [0.05, 0.1) is 29.3 Å². The van der Waals surface area contributed by atoms with Gasteiger partial charge < -0.3 is 14.8 Å². The molecule has 0 bridgehead atoms. The molecular formula is C17H17Cl2NO3. The Bertz CT molecular complexity index is 677. The third-order valence-electron chi connectivity index (χ3n) is 3.13. The highest BCUT2D eigenvalue weighted by atomic mass is 35.5. The molecule has 122 valence electrons. The van der Waals surface area contributed by atoms with Gasteiger partial charge in [0.25, 0.3) is 0 Å². The summed E-state index contributed by atoms with van der Waals surface area (Å²) in [5, 5.41) is 4.17. The van der Waals surface area contributed by atoms with Crippen molar-refractivity contribution >= 4 is 34.9 Å². The van der Waals surface area contributed by atoms with Gasteiger partial charge in [0, 0.05) is 18.3 Å². The molecule has 0 atom stereocenters. The summed E-state index contributed by atoms with van der Waals surface area (Å²) in [6.07, 6.45) is 0.760. The van der Waals surface area contributed by atoms with Crippen molar-refractivity contribution in [3.63, 3.8) is 0 Å².